The van der Waals surface area contributed by atoms with E-state index < -0.39 is 54.2 Å². The third-order valence-electron chi connectivity index (χ3n) is 5.04. The van der Waals surface area contributed by atoms with E-state index in [1.807, 2.05) is 0 Å². The number of aliphatic carboxylic acids is 2. The van der Waals surface area contributed by atoms with E-state index in [1.165, 1.54) is 0 Å². The number of carbonyl (C=O) groups is 6. The Morgan fingerprint density at radius 3 is 2.09 bits per heavy atom. The minimum atomic E-state index is -1.58. The van der Waals surface area contributed by atoms with Crippen molar-refractivity contribution >= 4 is 48.1 Å². The molecule has 32 heavy (non-hydrogen) atoms. The third kappa shape index (κ3) is 10.1. The van der Waals surface area contributed by atoms with Crippen molar-refractivity contribution in [3.63, 3.8) is 0 Å². The molecule has 3 amide bonds. The van der Waals surface area contributed by atoms with Gasteiger partial charge in [0.25, 0.3) is 0 Å². The first-order valence-corrected chi connectivity index (χ1v) is 10.9. The maximum atomic E-state index is 12.2. The van der Waals surface area contributed by atoms with Crippen LogP contribution in [-0.4, -0.2) is 76.1 Å². The Morgan fingerprint density at radius 1 is 0.969 bits per heavy atom. The van der Waals surface area contributed by atoms with Gasteiger partial charge >= 0.3 is 11.9 Å². The summed E-state index contributed by atoms with van der Waals surface area (Å²) in [5.74, 6) is -5.01. The minimum absolute atomic E-state index is 0.00953. The van der Waals surface area contributed by atoms with E-state index in [1.54, 1.807) is 0 Å². The number of nitrogens with two attached hydrogens (primary N) is 1. The van der Waals surface area contributed by atoms with Crippen molar-refractivity contribution in [3.05, 3.63) is 0 Å². The molecule has 0 spiro atoms. The molecule has 1 saturated carbocycles. The molecule has 13 heteroatoms. The summed E-state index contributed by atoms with van der Waals surface area (Å²) in [7, 11) is 0. The van der Waals surface area contributed by atoms with Crippen molar-refractivity contribution in [2.75, 3.05) is 12.3 Å². The summed E-state index contributed by atoms with van der Waals surface area (Å²) in [6.45, 7) is -0.294. The number of nitrogens with one attached hydrogen (secondary N) is 3. The summed E-state index contributed by atoms with van der Waals surface area (Å²) in [5.41, 5.74) is 5.69. The van der Waals surface area contributed by atoms with Crippen molar-refractivity contribution in [1.82, 2.24) is 16.0 Å². The topological polar surface area (TPSA) is 205 Å². The Hall–Kier alpha value is -2.67. The molecule has 0 bridgehead atoms. The molecule has 1 fully saturated rings. The van der Waals surface area contributed by atoms with E-state index in [0.29, 0.717) is 12.3 Å². The standard InChI is InChI=1S/C19H30N4O8S/c20-12(8-21-15(25)5-4-11(24)6-10-2-1-3-10)17(28)22-13(7-16(26)27)18(29)23-14(9-32)19(30)31/h10,12-14,32H,1-9,20H2,(H,21,25)(H,22,28)(H,23,29)(H,26,27)(H,30,31)/t12-,13-,14-/m0/s1. The van der Waals surface area contributed by atoms with Crippen molar-refractivity contribution in [2.45, 2.75) is 63.1 Å². The predicted molar refractivity (Wildman–Crippen MR) is 115 cm³/mol. The van der Waals surface area contributed by atoms with Gasteiger partial charge in [-0.15, -0.1) is 0 Å². The molecule has 0 aromatic heterocycles. The number of hydrogen-bond donors (Lipinski definition) is 7. The fourth-order valence-corrected chi connectivity index (χ4v) is 3.15. The lowest BCUT2D eigenvalue weighted by Crippen LogP contribution is -2.57. The van der Waals surface area contributed by atoms with E-state index in [4.69, 9.17) is 15.9 Å². The first kappa shape index (κ1) is 27.4. The number of carboxylic acid groups (broad SMARTS) is 2. The van der Waals surface area contributed by atoms with Crippen LogP contribution in [0.2, 0.25) is 0 Å². The third-order valence-corrected chi connectivity index (χ3v) is 5.40. The van der Waals surface area contributed by atoms with E-state index in [-0.39, 0.29) is 30.9 Å². The zero-order chi connectivity index (χ0) is 24.3. The average Bonchev–Trinajstić information content (AvgIpc) is 2.69. The number of ketones is 1. The number of Topliss-reactive ketones (excluding diaryl/α,β-unsaturated/α-hetero) is 1. The molecule has 12 nitrogen and oxygen atoms in total. The highest BCUT2D eigenvalue weighted by Gasteiger charge is 2.29. The Bertz CT molecular complexity index is 728. The molecule has 0 heterocycles. The van der Waals surface area contributed by atoms with Crippen molar-refractivity contribution in [2.24, 2.45) is 11.7 Å². The molecule has 0 aromatic carbocycles. The highest BCUT2D eigenvalue weighted by atomic mass is 32.1. The van der Waals surface area contributed by atoms with Crippen LogP contribution in [-0.2, 0) is 28.8 Å². The Kier molecular flexibility index (Phi) is 11.7. The molecule has 1 rings (SSSR count). The smallest absolute Gasteiger partial charge is 0.327 e. The van der Waals surface area contributed by atoms with Crippen molar-refractivity contribution < 1.29 is 39.0 Å². The number of thiol groups is 1. The van der Waals surface area contributed by atoms with E-state index in [2.05, 4.69) is 28.6 Å². The zero-order valence-electron chi connectivity index (χ0n) is 17.5. The highest BCUT2D eigenvalue weighted by Crippen LogP contribution is 2.29. The molecule has 0 unspecified atom stereocenters. The summed E-state index contributed by atoms with van der Waals surface area (Å²) in [6, 6.07) is -4.25. The molecule has 7 N–H and O–H groups in total. The number of carbonyl (C=O) groups excluding carboxylic acids is 4. The van der Waals surface area contributed by atoms with Gasteiger partial charge < -0.3 is 31.9 Å². The minimum Gasteiger partial charge on any atom is -0.481 e. The molecule has 1 aliphatic rings. The van der Waals surface area contributed by atoms with E-state index in [0.717, 1.165) is 19.3 Å². The van der Waals surface area contributed by atoms with E-state index in [9.17, 15) is 28.8 Å². The van der Waals surface area contributed by atoms with Crippen LogP contribution in [0.5, 0.6) is 0 Å². The Balaban J connectivity index is 2.47. The maximum Gasteiger partial charge on any atom is 0.327 e. The van der Waals surface area contributed by atoms with Gasteiger partial charge in [0.1, 0.15) is 23.9 Å². The van der Waals surface area contributed by atoms with Gasteiger partial charge in [0, 0.05) is 31.6 Å². The molecule has 3 atom stereocenters. The first-order valence-electron chi connectivity index (χ1n) is 10.2. The fourth-order valence-electron chi connectivity index (χ4n) is 2.90. The summed E-state index contributed by atoms with van der Waals surface area (Å²) in [4.78, 5) is 70.1. The highest BCUT2D eigenvalue weighted by molar-refractivity contribution is 7.80. The first-order chi connectivity index (χ1) is 15.0. The van der Waals surface area contributed by atoms with Crippen LogP contribution in [0.4, 0.5) is 0 Å². The monoisotopic (exact) mass is 474 g/mol. The second kappa shape index (κ2) is 13.7. The van der Waals surface area contributed by atoms with Crippen LogP contribution in [0.15, 0.2) is 0 Å². The quantitative estimate of drug-likeness (QED) is 0.137. The number of rotatable bonds is 15. The van der Waals surface area contributed by atoms with Gasteiger partial charge in [-0.2, -0.15) is 12.6 Å². The van der Waals surface area contributed by atoms with Gasteiger partial charge in [-0.1, -0.05) is 19.3 Å². The lowest BCUT2D eigenvalue weighted by molar-refractivity contribution is -0.143. The Labute approximate surface area is 190 Å². The van der Waals surface area contributed by atoms with Gasteiger partial charge in [0.2, 0.25) is 17.7 Å². The van der Waals surface area contributed by atoms with Crippen LogP contribution in [0.3, 0.4) is 0 Å². The van der Waals surface area contributed by atoms with E-state index >= 15 is 0 Å². The number of carboxylic acids is 2. The normalized spacial score (nSPS) is 16.1. The summed E-state index contributed by atoms with van der Waals surface area (Å²) < 4.78 is 0. The lowest BCUT2D eigenvalue weighted by atomic mass is 9.81. The second-order valence-corrected chi connectivity index (χ2v) is 8.06. The van der Waals surface area contributed by atoms with Crippen LogP contribution < -0.4 is 21.7 Å². The molecule has 0 aromatic rings. The molecular weight excluding hydrogens is 444 g/mol. The summed E-state index contributed by atoms with van der Waals surface area (Å²) in [5, 5.41) is 24.6. The largest absolute Gasteiger partial charge is 0.481 e. The lowest BCUT2D eigenvalue weighted by Gasteiger charge is -2.24. The second-order valence-electron chi connectivity index (χ2n) is 7.69. The SMILES string of the molecule is N[C@@H](CNC(=O)CCC(=O)CC1CCC1)C(=O)N[C@@H](CC(=O)O)C(=O)N[C@@H](CS)C(=O)O. The Morgan fingerprint density at radius 2 is 1.59 bits per heavy atom. The number of amides is 3. The molecular formula is C19H30N4O8S. The maximum absolute atomic E-state index is 12.2. The molecule has 180 valence electrons. The van der Waals surface area contributed by atoms with Gasteiger partial charge in [-0.25, -0.2) is 4.79 Å². The van der Waals surface area contributed by atoms with Crippen molar-refractivity contribution in [1.29, 1.82) is 0 Å². The van der Waals surface area contributed by atoms with Crippen LogP contribution in [0, 0.1) is 5.92 Å². The van der Waals surface area contributed by atoms with Crippen LogP contribution >= 0.6 is 12.6 Å². The van der Waals surface area contributed by atoms with Crippen LogP contribution in [0.25, 0.3) is 0 Å². The molecule has 1 aliphatic carbocycles. The van der Waals surface area contributed by atoms with Crippen LogP contribution in [0.1, 0.15) is 44.9 Å². The molecule has 0 saturated heterocycles. The summed E-state index contributed by atoms with van der Waals surface area (Å²) in [6.07, 6.45) is 2.92. The van der Waals surface area contributed by atoms with Gasteiger partial charge in [-0.05, 0) is 5.92 Å². The van der Waals surface area contributed by atoms with Gasteiger partial charge in [-0.3, -0.25) is 24.0 Å². The predicted octanol–water partition coefficient (Wildman–Crippen LogP) is -1.57. The summed E-state index contributed by atoms with van der Waals surface area (Å²) >= 11 is 3.79. The molecule has 0 aliphatic heterocycles. The van der Waals surface area contributed by atoms with Gasteiger partial charge in [0.05, 0.1) is 6.42 Å². The zero-order valence-corrected chi connectivity index (χ0v) is 18.4. The number of hydrogen-bond acceptors (Lipinski definition) is 8. The average molecular weight is 475 g/mol. The van der Waals surface area contributed by atoms with Gasteiger partial charge in [0.15, 0.2) is 0 Å². The van der Waals surface area contributed by atoms with Crippen molar-refractivity contribution in [3.8, 4) is 0 Å². The fraction of sp³-hybridized carbons (Fsp3) is 0.684. The molecule has 0 radical (unpaired) electrons.